The Morgan fingerprint density at radius 3 is 2.41 bits per heavy atom. The van der Waals surface area contributed by atoms with Gasteiger partial charge in [-0.25, -0.2) is 4.79 Å². The zero-order chi connectivity index (χ0) is 20.6. The fraction of sp³-hybridized carbons (Fsp3) is 0.227. The van der Waals surface area contributed by atoms with E-state index in [9.17, 15) is 9.59 Å². The molecule has 0 aliphatic heterocycles. The maximum absolute atomic E-state index is 12.1. The summed E-state index contributed by atoms with van der Waals surface area (Å²) in [5, 5.41) is 6.59. The van der Waals surface area contributed by atoms with Crippen LogP contribution in [0.3, 0.4) is 0 Å². The third-order valence-electron chi connectivity index (χ3n) is 4.32. The van der Waals surface area contributed by atoms with Gasteiger partial charge in [-0.15, -0.1) is 0 Å². The van der Waals surface area contributed by atoms with Crippen molar-refractivity contribution in [3.63, 3.8) is 0 Å². The highest BCUT2D eigenvalue weighted by Gasteiger charge is 2.12. The van der Waals surface area contributed by atoms with E-state index in [4.69, 9.17) is 14.0 Å². The molecular weight excluding hydrogens is 372 g/mol. The van der Waals surface area contributed by atoms with Crippen LogP contribution in [0.25, 0.3) is 0 Å². The molecule has 0 spiro atoms. The van der Waals surface area contributed by atoms with Gasteiger partial charge in [0.25, 0.3) is 5.91 Å². The summed E-state index contributed by atoms with van der Waals surface area (Å²) in [6.07, 6.45) is 0. The minimum Gasteiger partial charge on any atom is -0.489 e. The lowest BCUT2D eigenvalue weighted by Crippen LogP contribution is -2.28. The number of amides is 1. The number of nitrogens with one attached hydrogen (secondary N) is 1. The highest BCUT2D eigenvalue weighted by atomic mass is 16.5. The largest absolute Gasteiger partial charge is 0.489 e. The maximum atomic E-state index is 12.1. The molecule has 0 unspecified atom stereocenters. The molecule has 1 amide bonds. The molecule has 0 fully saturated rings. The Morgan fingerprint density at radius 2 is 1.76 bits per heavy atom. The van der Waals surface area contributed by atoms with E-state index in [-0.39, 0.29) is 12.5 Å². The van der Waals surface area contributed by atoms with Crippen LogP contribution in [0.4, 0.5) is 0 Å². The first-order valence-corrected chi connectivity index (χ1v) is 9.15. The summed E-state index contributed by atoms with van der Waals surface area (Å²) in [7, 11) is 0. The zero-order valence-electron chi connectivity index (χ0n) is 16.3. The zero-order valence-corrected chi connectivity index (χ0v) is 16.3. The van der Waals surface area contributed by atoms with E-state index in [1.165, 1.54) is 0 Å². The summed E-state index contributed by atoms with van der Waals surface area (Å²) in [6, 6.07) is 16.0. The second-order valence-corrected chi connectivity index (χ2v) is 6.45. The number of carbonyl (C=O) groups is 2. The van der Waals surface area contributed by atoms with Crippen LogP contribution in [0.15, 0.2) is 59.1 Å². The Kier molecular flexibility index (Phi) is 6.63. The molecule has 1 aromatic heterocycles. The van der Waals surface area contributed by atoms with Crippen LogP contribution in [0.1, 0.15) is 32.9 Å². The van der Waals surface area contributed by atoms with Gasteiger partial charge in [0.1, 0.15) is 18.1 Å². The fourth-order valence-electron chi connectivity index (χ4n) is 2.61. The van der Waals surface area contributed by atoms with Crippen molar-refractivity contribution < 1.29 is 23.6 Å². The standard InChI is InChI=1S/C22H22N2O5/c1-15-20(16(2)29-24-15)13-27-19-10-8-18(9-11-19)22(26)28-14-21(25)23-12-17-6-4-3-5-7-17/h3-11H,12-14H2,1-2H3,(H,23,25). The van der Waals surface area contributed by atoms with Crippen LogP contribution in [-0.2, 0) is 22.7 Å². The Balaban J connectivity index is 1.44. The predicted octanol–water partition coefficient (Wildman–Crippen LogP) is 3.34. The van der Waals surface area contributed by atoms with E-state index in [0.717, 1.165) is 16.8 Å². The van der Waals surface area contributed by atoms with Crippen LogP contribution in [0.5, 0.6) is 5.75 Å². The number of aromatic nitrogens is 1. The highest BCUT2D eigenvalue weighted by Crippen LogP contribution is 2.18. The summed E-state index contributed by atoms with van der Waals surface area (Å²) < 4.78 is 15.9. The van der Waals surface area contributed by atoms with Crippen LogP contribution in [0.2, 0.25) is 0 Å². The molecule has 2 aromatic carbocycles. The lowest BCUT2D eigenvalue weighted by Gasteiger charge is -2.08. The first-order chi connectivity index (χ1) is 14.0. The molecule has 29 heavy (non-hydrogen) atoms. The van der Waals surface area contributed by atoms with E-state index >= 15 is 0 Å². The number of hydrogen-bond acceptors (Lipinski definition) is 6. The van der Waals surface area contributed by atoms with Crippen LogP contribution in [0, 0.1) is 13.8 Å². The van der Waals surface area contributed by atoms with E-state index in [0.29, 0.717) is 30.2 Å². The van der Waals surface area contributed by atoms with Crippen LogP contribution in [-0.4, -0.2) is 23.6 Å². The summed E-state index contributed by atoms with van der Waals surface area (Å²) in [5.74, 6) is 0.383. The number of ether oxygens (including phenoxy) is 2. The Bertz CT molecular complexity index is 945. The molecular formula is C22H22N2O5. The third-order valence-corrected chi connectivity index (χ3v) is 4.32. The highest BCUT2D eigenvalue weighted by molar-refractivity contribution is 5.91. The van der Waals surface area contributed by atoms with E-state index < -0.39 is 5.97 Å². The van der Waals surface area contributed by atoms with Gasteiger partial charge in [-0.1, -0.05) is 35.5 Å². The Hall–Kier alpha value is -3.61. The molecule has 0 saturated carbocycles. The van der Waals surface area contributed by atoms with Gasteiger partial charge < -0.3 is 19.3 Å². The molecule has 0 aliphatic rings. The molecule has 0 bridgehead atoms. The third kappa shape index (κ3) is 5.68. The smallest absolute Gasteiger partial charge is 0.338 e. The maximum Gasteiger partial charge on any atom is 0.338 e. The minimum atomic E-state index is -0.572. The predicted molar refractivity (Wildman–Crippen MR) is 105 cm³/mol. The Labute approximate surface area is 168 Å². The van der Waals surface area contributed by atoms with Crippen molar-refractivity contribution in [1.82, 2.24) is 10.5 Å². The van der Waals surface area contributed by atoms with Crippen molar-refractivity contribution in [2.24, 2.45) is 0 Å². The number of aryl methyl sites for hydroxylation is 2. The van der Waals surface area contributed by atoms with Crippen LogP contribution < -0.4 is 10.1 Å². The average molecular weight is 394 g/mol. The molecule has 7 heteroatoms. The molecule has 1 N–H and O–H groups in total. The lowest BCUT2D eigenvalue weighted by atomic mass is 10.2. The van der Waals surface area contributed by atoms with E-state index in [1.54, 1.807) is 24.3 Å². The summed E-state index contributed by atoms with van der Waals surface area (Å²) in [6.45, 7) is 4.05. The SMILES string of the molecule is Cc1noc(C)c1COc1ccc(C(=O)OCC(=O)NCc2ccccc2)cc1. The summed E-state index contributed by atoms with van der Waals surface area (Å²) in [5.41, 5.74) is 2.99. The minimum absolute atomic E-state index is 0.326. The van der Waals surface area contributed by atoms with Gasteiger partial charge in [-0.05, 0) is 43.7 Å². The molecule has 150 valence electrons. The second kappa shape index (κ2) is 9.54. The monoisotopic (exact) mass is 394 g/mol. The molecule has 3 aromatic rings. The average Bonchev–Trinajstić information content (AvgIpc) is 3.07. The lowest BCUT2D eigenvalue weighted by molar-refractivity contribution is -0.124. The number of benzene rings is 2. The van der Waals surface area contributed by atoms with Crippen LogP contribution >= 0.6 is 0 Å². The molecule has 7 nitrogen and oxygen atoms in total. The van der Waals surface area contributed by atoms with Gasteiger partial charge in [-0.2, -0.15) is 0 Å². The van der Waals surface area contributed by atoms with Gasteiger partial charge in [0.15, 0.2) is 6.61 Å². The van der Waals surface area contributed by atoms with Crippen molar-refractivity contribution in [2.45, 2.75) is 27.0 Å². The quantitative estimate of drug-likeness (QED) is 0.589. The molecule has 0 aliphatic carbocycles. The number of esters is 1. The first-order valence-electron chi connectivity index (χ1n) is 9.15. The molecule has 3 rings (SSSR count). The topological polar surface area (TPSA) is 90.7 Å². The number of nitrogens with zero attached hydrogens (tertiary/aromatic N) is 1. The van der Waals surface area contributed by atoms with Gasteiger partial charge in [0, 0.05) is 6.54 Å². The Morgan fingerprint density at radius 1 is 1.03 bits per heavy atom. The second-order valence-electron chi connectivity index (χ2n) is 6.45. The van der Waals surface area contributed by atoms with Crippen molar-refractivity contribution >= 4 is 11.9 Å². The van der Waals surface area contributed by atoms with Crippen molar-refractivity contribution in [2.75, 3.05) is 6.61 Å². The summed E-state index contributed by atoms with van der Waals surface area (Å²) >= 11 is 0. The van der Waals surface area contributed by atoms with E-state index in [1.807, 2.05) is 44.2 Å². The number of hydrogen-bond donors (Lipinski definition) is 1. The molecule has 0 radical (unpaired) electrons. The van der Waals surface area contributed by atoms with Crippen molar-refractivity contribution in [3.05, 3.63) is 82.7 Å². The van der Waals surface area contributed by atoms with Gasteiger partial charge in [0.05, 0.1) is 16.8 Å². The van der Waals surface area contributed by atoms with E-state index in [2.05, 4.69) is 10.5 Å². The summed E-state index contributed by atoms with van der Waals surface area (Å²) in [4.78, 5) is 23.9. The van der Waals surface area contributed by atoms with Gasteiger partial charge in [-0.3, -0.25) is 4.79 Å². The van der Waals surface area contributed by atoms with Crippen molar-refractivity contribution in [1.29, 1.82) is 0 Å². The fourth-order valence-corrected chi connectivity index (χ4v) is 2.61. The molecule has 0 saturated heterocycles. The number of rotatable bonds is 8. The van der Waals surface area contributed by atoms with Gasteiger partial charge in [0.2, 0.25) is 0 Å². The number of carbonyl (C=O) groups excluding carboxylic acids is 2. The first kappa shape index (κ1) is 20.1. The normalized spacial score (nSPS) is 10.4. The van der Waals surface area contributed by atoms with Gasteiger partial charge >= 0.3 is 5.97 Å². The molecule has 0 atom stereocenters. The molecule has 1 heterocycles. The van der Waals surface area contributed by atoms with Crippen molar-refractivity contribution in [3.8, 4) is 5.75 Å².